The molecule has 0 aliphatic carbocycles. The summed E-state index contributed by atoms with van der Waals surface area (Å²) in [6, 6.07) is 0. The van der Waals surface area contributed by atoms with Crippen LogP contribution >= 0.6 is 11.3 Å². The third kappa shape index (κ3) is 3.11. The largest absolute Gasteiger partial charge is 0.468 e. The van der Waals surface area contributed by atoms with Crippen LogP contribution < -0.4 is 10.1 Å². The van der Waals surface area contributed by atoms with E-state index in [0.29, 0.717) is 17.9 Å². The SMILES string of the molecule is CNCCOc1nnc(C(F)(F)F)s1. The van der Waals surface area contributed by atoms with E-state index in [1.807, 2.05) is 0 Å². The van der Waals surface area contributed by atoms with Crippen LogP contribution in [0.15, 0.2) is 0 Å². The predicted octanol–water partition coefficient (Wildman–Crippen LogP) is 1.16. The minimum atomic E-state index is -4.44. The smallest absolute Gasteiger partial charge is 0.445 e. The molecule has 1 heterocycles. The van der Waals surface area contributed by atoms with Crippen LogP contribution in [0.2, 0.25) is 0 Å². The maximum absolute atomic E-state index is 12.0. The second-order valence-electron chi connectivity index (χ2n) is 2.32. The van der Waals surface area contributed by atoms with Gasteiger partial charge >= 0.3 is 6.18 Å². The van der Waals surface area contributed by atoms with Crippen molar-refractivity contribution in [2.45, 2.75) is 6.18 Å². The predicted molar refractivity (Wildman–Crippen MR) is 44.3 cm³/mol. The summed E-state index contributed by atoms with van der Waals surface area (Å²) in [4.78, 5) is 0. The molecule has 0 atom stereocenters. The van der Waals surface area contributed by atoms with Gasteiger partial charge in [0.05, 0.1) is 0 Å². The lowest BCUT2D eigenvalue weighted by atomic mass is 10.7. The fourth-order valence-electron chi connectivity index (χ4n) is 0.623. The molecule has 80 valence electrons. The van der Waals surface area contributed by atoms with Crippen LogP contribution in [-0.4, -0.2) is 30.4 Å². The topological polar surface area (TPSA) is 47.0 Å². The van der Waals surface area contributed by atoms with E-state index in [1.54, 1.807) is 7.05 Å². The highest BCUT2D eigenvalue weighted by Gasteiger charge is 2.35. The minimum Gasteiger partial charge on any atom is -0.468 e. The molecule has 1 rings (SSSR count). The number of ether oxygens (including phenoxy) is 1. The number of halogens is 3. The highest BCUT2D eigenvalue weighted by atomic mass is 32.1. The number of nitrogens with zero attached hydrogens (tertiary/aromatic N) is 2. The van der Waals surface area contributed by atoms with E-state index in [2.05, 4.69) is 15.5 Å². The Morgan fingerprint density at radius 3 is 2.64 bits per heavy atom. The third-order valence-electron chi connectivity index (χ3n) is 1.23. The van der Waals surface area contributed by atoms with Gasteiger partial charge in [-0.2, -0.15) is 13.2 Å². The molecule has 4 nitrogen and oxygen atoms in total. The Morgan fingerprint density at radius 2 is 2.14 bits per heavy atom. The Balaban J connectivity index is 2.51. The molecule has 0 saturated heterocycles. The Labute approximate surface area is 82.1 Å². The van der Waals surface area contributed by atoms with Gasteiger partial charge in [-0.25, -0.2) is 0 Å². The molecule has 0 fully saturated rings. The first kappa shape index (κ1) is 11.2. The second kappa shape index (κ2) is 4.56. The van der Waals surface area contributed by atoms with E-state index in [0.717, 1.165) is 0 Å². The average Bonchev–Trinajstić information content (AvgIpc) is 2.52. The Morgan fingerprint density at radius 1 is 1.43 bits per heavy atom. The van der Waals surface area contributed by atoms with Crippen molar-refractivity contribution in [1.29, 1.82) is 0 Å². The Kier molecular flexibility index (Phi) is 3.64. The van der Waals surface area contributed by atoms with Crippen LogP contribution in [0.5, 0.6) is 5.19 Å². The summed E-state index contributed by atoms with van der Waals surface area (Å²) < 4.78 is 41.0. The molecule has 0 aromatic carbocycles. The zero-order valence-electron chi connectivity index (χ0n) is 7.26. The van der Waals surface area contributed by atoms with Gasteiger partial charge in [-0.05, 0) is 7.05 Å². The number of rotatable bonds is 4. The minimum absolute atomic E-state index is 0.0624. The molecular weight excluding hydrogens is 219 g/mol. The third-order valence-corrected chi connectivity index (χ3v) is 2.11. The molecule has 0 radical (unpaired) electrons. The van der Waals surface area contributed by atoms with Crippen LogP contribution in [0.1, 0.15) is 5.01 Å². The first-order chi connectivity index (χ1) is 6.54. The van der Waals surface area contributed by atoms with E-state index < -0.39 is 11.2 Å². The lowest BCUT2D eigenvalue weighted by Gasteiger charge is -1.99. The molecule has 1 aromatic heterocycles. The van der Waals surface area contributed by atoms with E-state index in [4.69, 9.17) is 4.74 Å². The van der Waals surface area contributed by atoms with Gasteiger partial charge < -0.3 is 10.1 Å². The van der Waals surface area contributed by atoms with Crippen LogP contribution in [0.3, 0.4) is 0 Å². The molecule has 1 N–H and O–H groups in total. The van der Waals surface area contributed by atoms with Crippen LogP contribution in [-0.2, 0) is 6.18 Å². The van der Waals surface area contributed by atoms with Gasteiger partial charge in [-0.3, -0.25) is 0 Å². The number of aromatic nitrogens is 2. The summed E-state index contributed by atoms with van der Waals surface area (Å²) in [5.74, 6) is 0. The van der Waals surface area contributed by atoms with Crippen molar-refractivity contribution < 1.29 is 17.9 Å². The van der Waals surface area contributed by atoms with Crippen molar-refractivity contribution in [1.82, 2.24) is 15.5 Å². The maximum atomic E-state index is 12.0. The van der Waals surface area contributed by atoms with Crippen molar-refractivity contribution in [3.05, 3.63) is 5.01 Å². The van der Waals surface area contributed by atoms with Crippen LogP contribution in [0.25, 0.3) is 0 Å². The van der Waals surface area contributed by atoms with Crippen molar-refractivity contribution >= 4 is 11.3 Å². The zero-order chi connectivity index (χ0) is 10.6. The highest BCUT2D eigenvalue weighted by Crippen LogP contribution is 2.33. The van der Waals surface area contributed by atoms with Crippen LogP contribution in [0, 0.1) is 0 Å². The molecule has 0 saturated carbocycles. The number of hydrogen-bond donors (Lipinski definition) is 1. The summed E-state index contributed by atoms with van der Waals surface area (Å²) in [5, 5.41) is 7.95. The van der Waals surface area contributed by atoms with Gasteiger partial charge in [0.2, 0.25) is 5.01 Å². The van der Waals surface area contributed by atoms with Crippen molar-refractivity contribution in [2.24, 2.45) is 0 Å². The number of nitrogens with one attached hydrogen (secondary N) is 1. The van der Waals surface area contributed by atoms with E-state index in [9.17, 15) is 13.2 Å². The molecular formula is C6H8F3N3OS. The molecule has 0 amide bonds. The number of likely N-dealkylation sites (N-methyl/N-ethyl adjacent to an activating group) is 1. The first-order valence-electron chi connectivity index (χ1n) is 3.72. The van der Waals surface area contributed by atoms with Gasteiger partial charge in [-0.1, -0.05) is 16.4 Å². The lowest BCUT2D eigenvalue weighted by Crippen LogP contribution is -2.15. The molecule has 0 bridgehead atoms. The molecule has 0 unspecified atom stereocenters. The Hall–Kier alpha value is -0.890. The number of alkyl halides is 3. The van der Waals surface area contributed by atoms with Gasteiger partial charge in [0, 0.05) is 6.54 Å². The normalized spacial score (nSPS) is 11.7. The standard InChI is InChI=1S/C6H8F3N3OS/c1-10-2-3-13-5-12-11-4(14-5)6(7,8)9/h10H,2-3H2,1H3. The van der Waals surface area contributed by atoms with Crippen molar-refractivity contribution in [3.63, 3.8) is 0 Å². The van der Waals surface area contributed by atoms with Gasteiger partial charge in [0.25, 0.3) is 5.19 Å². The molecule has 0 aliphatic heterocycles. The van der Waals surface area contributed by atoms with Gasteiger partial charge in [0.15, 0.2) is 0 Å². The summed E-state index contributed by atoms with van der Waals surface area (Å²) in [6.07, 6.45) is -4.44. The van der Waals surface area contributed by atoms with Crippen molar-refractivity contribution in [2.75, 3.05) is 20.2 Å². The quantitative estimate of drug-likeness (QED) is 0.784. The van der Waals surface area contributed by atoms with Crippen LogP contribution in [0.4, 0.5) is 13.2 Å². The van der Waals surface area contributed by atoms with Gasteiger partial charge in [-0.15, -0.1) is 5.10 Å². The van der Waals surface area contributed by atoms with Crippen molar-refractivity contribution in [3.8, 4) is 5.19 Å². The van der Waals surface area contributed by atoms with E-state index in [-0.39, 0.29) is 11.8 Å². The summed E-state index contributed by atoms with van der Waals surface area (Å²) in [6.45, 7) is 0.809. The van der Waals surface area contributed by atoms with Gasteiger partial charge in [0.1, 0.15) is 6.61 Å². The Bertz CT molecular complexity index is 288. The monoisotopic (exact) mass is 227 g/mol. The van der Waals surface area contributed by atoms with E-state index in [1.165, 1.54) is 0 Å². The molecule has 0 aliphatic rings. The molecule has 14 heavy (non-hydrogen) atoms. The lowest BCUT2D eigenvalue weighted by molar-refractivity contribution is -0.138. The van der Waals surface area contributed by atoms with E-state index >= 15 is 0 Å². The summed E-state index contributed by atoms with van der Waals surface area (Å²) >= 11 is 0.393. The fraction of sp³-hybridized carbons (Fsp3) is 0.667. The molecule has 1 aromatic rings. The first-order valence-corrected chi connectivity index (χ1v) is 4.54. The number of hydrogen-bond acceptors (Lipinski definition) is 5. The highest BCUT2D eigenvalue weighted by molar-refractivity contribution is 7.13. The molecule has 8 heteroatoms. The molecule has 0 spiro atoms. The second-order valence-corrected chi connectivity index (χ2v) is 3.26. The maximum Gasteiger partial charge on any atom is 0.445 e. The summed E-state index contributed by atoms with van der Waals surface area (Å²) in [5.41, 5.74) is 0. The zero-order valence-corrected chi connectivity index (χ0v) is 8.08. The fourth-order valence-corrected chi connectivity index (χ4v) is 1.21. The average molecular weight is 227 g/mol. The summed E-state index contributed by atoms with van der Waals surface area (Å²) in [7, 11) is 1.71.